The smallest absolute Gasteiger partial charge is 0.266 e. The van der Waals surface area contributed by atoms with Crippen molar-refractivity contribution in [1.82, 2.24) is 15.2 Å². The van der Waals surface area contributed by atoms with E-state index < -0.39 is 5.56 Å². The third-order valence-electron chi connectivity index (χ3n) is 3.75. The fourth-order valence-corrected chi connectivity index (χ4v) is 2.81. The summed E-state index contributed by atoms with van der Waals surface area (Å²) in [5.74, 6) is -0.251. The highest BCUT2D eigenvalue weighted by Crippen LogP contribution is 2.13. The fourth-order valence-electron chi connectivity index (χ4n) is 2.64. The van der Waals surface area contributed by atoms with E-state index in [0.717, 1.165) is 13.1 Å². The molecule has 1 aromatic rings. The molecule has 1 fully saturated rings. The molecule has 0 spiro atoms. The van der Waals surface area contributed by atoms with Gasteiger partial charge in [-0.15, -0.1) is 0 Å². The van der Waals surface area contributed by atoms with Crippen molar-refractivity contribution < 1.29 is 9.53 Å². The molecular formula is C15H22ClN3O3. The minimum absolute atomic E-state index is 0.0107. The molecule has 1 saturated heterocycles. The number of nitrogens with one attached hydrogen (secondary N) is 2. The topological polar surface area (TPSA) is 74.4 Å². The molecule has 0 aliphatic carbocycles. The summed E-state index contributed by atoms with van der Waals surface area (Å²) in [6, 6.07) is 1.58. The third-order valence-corrected chi connectivity index (χ3v) is 4.03. The Labute approximate surface area is 134 Å². The quantitative estimate of drug-likeness (QED) is 0.873. The number of ether oxygens (including phenoxy) is 1. The average molecular weight is 328 g/mol. The van der Waals surface area contributed by atoms with Gasteiger partial charge < -0.3 is 15.0 Å². The van der Waals surface area contributed by atoms with Crippen LogP contribution in [-0.4, -0.2) is 53.7 Å². The molecule has 7 heteroatoms. The van der Waals surface area contributed by atoms with E-state index in [1.54, 1.807) is 0 Å². The van der Waals surface area contributed by atoms with E-state index in [9.17, 15) is 9.59 Å². The van der Waals surface area contributed by atoms with Gasteiger partial charge in [0.2, 0.25) is 0 Å². The number of amides is 1. The maximum atomic E-state index is 12.1. The lowest BCUT2D eigenvalue weighted by Gasteiger charge is -2.39. The van der Waals surface area contributed by atoms with Gasteiger partial charge in [-0.3, -0.25) is 14.5 Å². The molecule has 2 N–H and O–H groups in total. The van der Waals surface area contributed by atoms with Crippen molar-refractivity contribution >= 4 is 17.5 Å². The first-order valence-electron chi connectivity index (χ1n) is 7.42. The molecule has 0 unspecified atom stereocenters. The standard InChI is InChI=1S/C15H22ClN3O3/c1-9(19-7-10(2)22-11(3)8-19)5-17-14(20)12-4-13(16)15(21)18-6-12/h4,6,9-11H,5,7-8H2,1-3H3,(H,17,20)(H,18,21)/t9-,10-,11+/m1/s1. The first-order chi connectivity index (χ1) is 10.4. The van der Waals surface area contributed by atoms with Gasteiger partial charge in [0, 0.05) is 31.9 Å². The number of nitrogens with zero attached hydrogens (tertiary/aromatic N) is 1. The molecule has 1 aliphatic rings. The molecule has 1 aromatic heterocycles. The number of aromatic amines is 1. The fraction of sp³-hybridized carbons (Fsp3) is 0.600. The zero-order chi connectivity index (χ0) is 16.3. The van der Waals surface area contributed by atoms with Crippen LogP contribution in [0.4, 0.5) is 0 Å². The van der Waals surface area contributed by atoms with E-state index in [-0.39, 0.29) is 29.2 Å². The molecule has 0 bridgehead atoms. The maximum absolute atomic E-state index is 12.1. The normalized spacial score (nSPS) is 24.0. The van der Waals surface area contributed by atoms with Crippen molar-refractivity contribution in [2.24, 2.45) is 0 Å². The Morgan fingerprint density at radius 2 is 2.14 bits per heavy atom. The first-order valence-corrected chi connectivity index (χ1v) is 7.80. The number of halogens is 1. The average Bonchev–Trinajstić information content (AvgIpc) is 2.46. The maximum Gasteiger partial charge on any atom is 0.266 e. The second kappa shape index (κ2) is 7.26. The first kappa shape index (κ1) is 17.0. The highest BCUT2D eigenvalue weighted by atomic mass is 35.5. The summed E-state index contributed by atoms with van der Waals surface area (Å²) in [7, 11) is 0. The number of pyridine rings is 1. The Bertz CT molecular complexity index is 580. The summed E-state index contributed by atoms with van der Waals surface area (Å²) in [4.78, 5) is 28.0. The number of carbonyl (C=O) groups excluding carboxylic acids is 1. The Kier molecular flexibility index (Phi) is 5.61. The van der Waals surface area contributed by atoms with Crippen molar-refractivity contribution in [2.75, 3.05) is 19.6 Å². The molecule has 122 valence electrons. The Morgan fingerprint density at radius 3 is 2.73 bits per heavy atom. The second-order valence-corrected chi connectivity index (χ2v) is 6.24. The van der Waals surface area contributed by atoms with E-state index in [1.807, 2.05) is 0 Å². The number of H-pyrrole nitrogens is 1. The largest absolute Gasteiger partial charge is 0.373 e. The Hall–Kier alpha value is -1.37. The van der Waals surface area contributed by atoms with E-state index in [2.05, 4.69) is 36.0 Å². The van der Waals surface area contributed by atoms with Crippen molar-refractivity contribution in [3.05, 3.63) is 33.2 Å². The highest BCUT2D eigenvalue weighted by molar-refractivity contribution is 6.30. The zero-order valence-electron chi connectivity index (χ0n) is 13.1. The van der Waals surface area contributed by atoms with Crippen LogP contribution in [0, 0.1) is 0 Å². The number of hydrogen-bond donors (Lipinski definition) is 2. The molecule has 6 nitrogen and oxygen atoms in total. The van der Waals surface area contributed by atoms with Gasteiger partial charge in [0.15, 0.2) is 0 Å². The Balaban J connectivity index is 1.90. The van der Waals surface area contributed by atoms with Crippen LogP contribution in [0.5, 0.6) is 0 Å². The summed E-state index contributed by atoms with van der Waals surface area (Å²) >= 11 is 5.73. The van der Waals surface area contributed by atoms with Crippen LogP contribution in [0.25, 0.3) is 0 Å². The molecule has 3 atom stereocenters. The molecule has 1 aliphatic heterocycles. The van der Waals surface area contributed by atoms with Gasteiger partial charge in [0.1, 0.15) is 5.02 Å². The Morgan fingerprint density at radius 1 is 1.50 bits per heavy atom. The highest BCUT2D eigenvalue weighted by Gasteiger charge is 2.25. The SMILES string of the molecule is C[C@@H]1CN([C@H](C)CNC(=O)c2c[nH]c(=O)c(Cl)c2)C[C@H](C)O1. The van der Waals surface area contributed by atoms with Crippen molar-refractivity contribution in [2.45, 2.75) is 39.0 Å². The van der Waals surface area contributed by atoms with E-state index in [1.165, 1.54) is 12.3 Å². The molecule has 22 heavy (non-hydrogen) atoms. The van der Waals surface area contributed by atoms with Crippen LogP contribution < -0.4 is 10.9 Å². The lowest BCUT2D eigenvalue weighted by atomic mass is 10.1. The number of hydrogen-bond acceptors (Lipinski definition) is 4. The number of carbonyl (C=O) groups is 1. The number of aromatic nitrogens is 1. The molecule has 1 amide bonds. The summed E-state index contributed by atoms with van der Waals surface area (Å²) in [5, 5.41) is 2.88. The van der Waals surface area contributed by atoms with Gasteiger partial charge in [-0.05, 0) is 26.8 Å². The van der Waals surface area contributed by atoms with Gasteiger partial charge in [0.25, 0.3) is 11.5 Å². The van der Waals surface area contributed by atoms with E-state index in [4.69, 9.17) is 16.3 Å². The van der Waals surface area contributed by atoms with Gasteiger partial charge >= 0.3 is 0 Å². The third kappa shape index (κ3) is 4.32. The predicted octanol–water partition coefficient (Wildman–Crippen LogP) is 1.26. The minimum Gasteiger partial charge on any atom is -0.373 e. The van der Waals surface area contributed by atoms with Crippen LogP contribution in [0.15, 0.2) is 17.1 Å². The van der Waals surface area contributed by atoms with Crippen LogP contribution >= 0.6 is 11.6 Å². The van der Waals surface area contributed by atoms with Crippen LogP contribution in [-0.2, 0) is 4.74 Å². The van der Waals surface area contributed by atoms with Gasteiger partial charge in [-0.2, -0.15) is 0 Å². The van der Waals surface area contributed by atoms with Crippen molar-refractivity contribution in [3.63, 3.8) is 0 Å². The molecule has 0 radical (unpaired) electrons. The summed E-state index contributed by atoms with van der Waals surface area (Å²) in [6.45, 7) is 8.41. The summed E-state index contributed by atoms with van der Waals surface area (Å²) < 4.78 is 5.71. The van der Waals surface area contributed by atoms with Crippen LogP contribution in [0.2, 0.25) is 5.02 Å². The molecule has 0 aromatic carbocycles. The van der Waals surface area contributed by atoms with Crippen LogP contribution in [0.1, 0.15) is 31.1 Å². The predicted molar refractivity (Wildman–Crippen MR) is 85.4 cm³/mol. The monoisotopic (exact) mass is 327 g/mol. The lowest BCUT2D eigenvalue weighted by molar-refractivity contribution is -0.0778. The lowest BCUT2D eigenvalue weighted by Crippen LogP contribution is -2.52. The molecule has 0 saturated carbocycles. The summed E-state index contributed by atoms with van der Waals surface area (Å²) in [5.41, 5.74) is -0.0524. The van der Waals surface area contributed by atoms with Gasteiger partial charge in [-0.25, -0.2) is 0 Å². The van der Waals surface area contributed by atoms with Gasteiger partial charge in [0.05, 0.1) is 17.8 Å². The summed E-state index contributed by atoms with van der Waals surface area (Å²) in [6.07, 6.45) is 1.76. The minimum atomic E-state index is -0.400. The van der Waals surface area contributed by atoms with E-state index in [0.29, 0.717) is 12.1 Å². The zero-order valence-corrected chi connectivity index (χ0v) is 13.8. The molecule has 2 heterocycles. The molecular weight excluding hydrogens is 306 g/mol. The van der Waals surface area contributed by atoms with Crippen molar-refractivity contribution in [1.29, 1.82) is 0 Å². The molecule has 2 rings (SSSR count). The van der Waals surface area contributed by atoms with Crippen molar-refractivity contribution in [3.8, 4) is 0 Å². The van der Waals surface area contributed by atoms with E-state index >= 15 is 0 Å². The second-order valence-electron chi connectivity index (χ2n) is 5.84. The van der Waals surface area contributed by atoms with Crippen LogP contribution in [0.3, 0.4) is 0 Å². The number of morpholine rings is 1. The van der Waals surface area contributed by atoms with Gasteiger partial charge in [-0.1, -0.05) is 11.6 Å². The number of rotatable bonds is 4.